The Bertz CT molecular complexity index is 1000. The molecule has 156 valence electrons. The second-order valence-electron chi connectivity index (χ2n) is 6.67. The molecule has 30 heavy (non-hydrogen) atoms. The van der Waals surface area contributed by atoms with E-state index in [1.54, 1.807) is 68.9 Å². The molecule has 1 aromatic heterocycles. The quantitative estimate of drug-likeness (QED) is 0.580. The first kappa shape index (κ1) is 21.0. The molecule has 0 fully saturated rings. The molecule has 2 aromatic carbocycles. The highest BCUT2D eigenvalue weighted by Crippen LogP contribution is 2.25. The van der Waals surface area contributed by atoms with Crippen molar-refractivity contribution in [2.24, 2.45) is 0 Å². The van der Waals surface area contributed by atoms with E-state index in [0.29, 0.717) is 23.7 Å². The topological polar surface area (TPSA) is 81.7 Å². The van der Waals surface area contributed by atoms with Crippen LogP contribution in [0.5, 0.6) is 17.2 Å². The van der Waals surface area contributed by atoms with Crippen molar-refractivity contribution in [1.29, 1.82) is 0 Å². The zero-order valence-corrected chi connectivity index (χ0v) is 17.5. The van der Waals surface area contributed by atoms with Gasteiger partial charge in [-0.1, -0.05) is 0 Å². The molecule has 2 amide bonds. The van der Waals surface area contributed by atoms with Crippen LogP contribution in [0, 0.1) is 13.8 Å². The molecule has 0 aliphatic rings. The van der Waals surface area contributed by atoms with Crippen molar-refractivity contribution in [3.63, 3.8) is 0 Å². The smallest absolute Gasteiger partial charge is 0.323 e. The lowest BCUT2D eigenvalue weighted by atomic mass is 10.1. The van der Waals surface area contributed by atoms with Gasteiger partial charge in [-0.2, -0.15) is 0 Å². The number of benzene rings is 2. The molecular formula is C23H25N3O4. The van der Waals surface area contributed by atoms with Crippen molar-refractivity contribution in [2.45, 2.75) is 20.5 Å². The van der Waals surface area contributed by atoms with Crippen LogP contribution in [0.4, 0.5) is 16.2 Å². The van der Waals surface area contributed by atoms with E-state index in [1.807, 2.05) is 13.8 Å². The highest BCUT2D eigenvalue weighted by atomic mass is 16.5. The SMILES string of the molecule is COc1ccc(NC(=O)Nc2ccc(OCc3ncc(C)c(OC)c3C)cc2)cc1. The standard InChI is InChI=1S/C23H25N3O4/c1-15-13-24-21(16(2)22(15)29-4)14-30-20-11-7-18(8-12-20)26-23(27)25-17-5-9-19(28-3)10-6-17/h5-13H,14H2,1-4H3,(H2,25,26,27). The third-order valence-corrected chi connectivity index (χ3v) is 4.59. The van der Waals surface area contributed by atoms with Crippen molar-refractivity contribution in [2.75, 3.05) is 24.9 Å². The van der Waals surface area contributed by atoms with Gasteiger partial charge in [0.2, 0.25) is 0 Å². The minimum atomic E-state index is -0.333. The summed E-state index contributed by atoms with van der Waals surface area (Å²) < 4.78 is 16.4. The Morgan fingerprint density at radius 2 is 1.43 bits per heavy atom. The van der Waals surface area contributed by atoms with Crippen LogP contribution in [0.1, 0.15) is 16.8 Å². The number of urea groups is 1. The van der Waals surface area contributed by atoms with Gasteiger partial charge in [-0.05, 0) is 62.4 Å². The zero-order valence-electron chi connectivity index (χ0n) is 17.5. The summed E-state index contributed by atoms with van der Waals surface area (Å²) in [6.07, 6.45) is 1.78. The van der Waals surface area contributed by atoms with Crippen molar-refractivity contribution in [3.05, 3.63) is 71.5 Å². The van der Waals surface area contributed by atoms with E-state index < -0.39 is 0 Å². The lowest BCUT2D eigenvalue weighted by molar-refractivity contribution is 0.262. The first-order chi connectivity index (χ1) is 14.5. The summed E-state index contributed by atoms with van der Waals surface area (Å²) in [6, 6.07) is 13.9. The number of nitrogens with zero attached hydrogens (tertiary/aromatic N) is 1. The van der Waals surface area contributed by atoms with Gasteiger partial charge in [-0.3, -0.25) is 4.98 Å². The second-order valence-corrected chi connectivity index (χ2v) is 6.67. The zero-order chi connectivity index (χ0) is 21.5. The minimum absolute atomic E-state index is 0.327. The molecule has 0 aliphatic heterocycles. The van der Waals surface area contributed by atoms with Crippen molar-refractivity contribution in [1.82, 2.24) is 4.98 Å². The Morgan fingerprint density at radius 1 is 0.867 bits per heavy atom. The van der Waals surface area contributed by atoms with Gasteiger partial charge in [-0.15, -0.1) is 0 Å². The van der Waals surface area contributed by atoms with Gasteiger partial charge in [0.15, 0.2) is 0 Å². The van der Waals surface area contributed by atoms with Crippen LogP contribution in [0.2, 0.25) is 0 Å². The van der Waals surface area contributed by atoms with Gasteiger partial charge in [-0.25, -0.2) is 4.79 Å². The molecular weight excluding hydrogens is 382 g/mol. The molecule has 0 aliphatic carbocycles. The van der Waals surface area contributed by atoms with Crippen LogP contribution in [0.3, 0.4) is 0 Å². The van der Waals surface area contributed by atoms with E-state index in [2.05, 4.69) is 15.6 Å². The number of aryl methyl sites for hydroxylation is 1. The number of hydrogen-bond acceptors (Lipinski definition) is 5. The maximum Gasteiger partial charge on any atom is 0.323 e. The predicted octanol–water partition coefficient (Wildman–Crippen LogP) is 4.94. The number of nitrogens with one attached hydrogen (secondary N) is 2. The van der Waals surface area contributed by atoms with E-state index in [0.717, 1.165) is 28.3 Å². The minimum Gasteiger partial charge on any atom is -0.497 e. The number of carbonyl (C=O) groups excluding carboxylic acids is 1. The normalized spacial score (nSPS) is 10.3. The average molecular weight is 407 g/mol. The van der Waals surface area contributed by atoms with Crippen LogP contribution < -0.4 is 24.8 Å². The molecule has 0 saturated heterocycles. The van der Waals surface area contributed by atoms with Crippen LogP contribution in [0.15, 0.2) is 54.7 Å². The fourth-order valence-electron chi connectivity index (χ4n) is 2.97. The molecule has 3 aromatic rings. The van der Waals surface area contributed by atoms with Crippen molar-refractivity contribution in [3.8, 4) is 17.2 Å². The van der Waals surface area contributed by atoms with Gasteiger partial charge in [0.05, 0.1) is 19.9 Å². The fraction of sp³-hybridized carbons (Fsp3) is 0.217. The number of ether oxygens (including phenoxy) is 3. The van der Waals surface area contributed by atoms with E-state index in [-0.39, 0.29) is 6.03 Å². The molecule has 7 nitrogen and oxygen atoms in total. The van der Waals surface area contributed by atoms with Crippen LogP contribution in [-0.2, 0) is 6.61 Å². The van der Waals surface area contributed by atoms with Gasteiger partial charge in [0.1, 0.15) is 23.9 Å². The first-order valence-corrected chi connectivity index (χ1v) is 9.44. The van der Waals surface area contributed by atoms with Crippen LogP contribution in [-0.4, -0.2) is 25.2 Å². The predicted molar refractivity (Wildman–Crippen MR) is 117 cm³/mol. The summed E-state index contributed by atoms with van der Waals surface area (Å²) in [5.41, 5.74) is 4.09. The highest BCUT2D eigenvalue weighted by Gasteiger charge is 2.10. The number of hydrogen-bond donors (Lipinski definition) is 2. The lowest BCUT2D eigenvalue weighted by Gasteiger charge is -2.13. The first-order valence-electron chi connectivity index (χ1n) is 9.44. The Hall–Kier alpha value is -3.74. The Balaban J connectivity index is 1.55. The molecule has 2 N–H and O–H groups in total. The monoisotopic (exact) mass is 407 g/mol. The summed E-state index contributed by atoms with van der Waals surface area (Å²) in [6.45, 7) is 4.25. The summed E-state index contributed by atoms with van der Waals surface area (Å²) in [5.74, 6) is 2.23. The number of rotatable bonds is 7. The average Bonchev–Trinajstić information content (AvgIpc) is 2.75. The largest absolute Gasteiger partial charge is 0.497 e. The number of carbonyl (C=O) groups is 1. The van der Waals surface area contributed by atoms with Crippen LogP contribution >= 0.6 is 0 Å². The molecule has 0 unspecified atom stereocenters. The third kappa shape index (κ3) is 5.20. The molecule has 0 atom stereocenters. The van der Waals surface area contributed by atoms with Gasteiger partial charge in [0, 0.05) is 28.7 Å². The molecule has 0 radical (unpaired) electrons. The maximum absolute atomic E-state index is 12.2. The van der Waals surface area contributed by atoms with Crippen molar-refractivity contribution >= 4 is 17.4 Å². The Kier molecular flexibility index (Phi) is 6.75. The third-order valence-electron chi connectivity index (χ3n) is 4.59. The molecule has 0 spiro atoms. The second kappa shape index (κ2) is 9.65. The number of aromatic nitrogens is 1. The van der Waals surface area contributed by atoms with E-state index in [1.165, 1.54) is 0 Å². The van der Waals surface area contributed by atoms with Gasteiger partial charge in [0.25, 0.3) is 0 Å². The number of anilines is 2. The van der Waals surface area contributed by atoms with Gasteiger partial charge < -0.3 is 24.8 Å². The Morgan fingerprint density at radius 3 is 1.97 bits per heavy atom. The van der Waals surface area contributed by atoms with E-state index in [9.17, 15) is 4.79 Å². The molecule has 0 saturated carbocycles. The van der Waals surface area contributed by atoms with Crippen molar-refractivity contribution < 1.29 is 19.0 Å². The number of methoxy groups -OCH3 is 2. The summed E-state index contributed by atoms with van der Waals surface area (Å²) >= 11 is 0. The van der Waals surface area contributed by atoms with E-state index >= 15 is 0 Å². The molecule has 1 heterocycles. The summed E-state index contributed by atoms with van der Waals surface area (Å²) in [4.78, 5) is 16.6. The van der Waals surface area contributed by atoms with E-state index in [4.69, 9.17) is 14.2 Å². The number of amides is 2. The lowest BCUT2D eigenvalue weighted by Crippen LogP contribution is -2.19. The molecule has 0 bridgehead atoms. The maximum atomic E-state index is 12.2. The van der Waals surface area contributed by atoms with Crippen LogP contribution in [0.25, 0.3) is 0 Å². The fourth-order valence-corrected chi connectivity index (χ4v) is 2.97. The highest BCUT2D eigenvalue weighted by molar-refractivity contribution is 5.99. The van der Waals surface area contributed by atoms with Gasteiger partial charge >= 0.3 is 6.03 Å². The Labute approximate surface area is 176 Å². The summed E-state index contributed by atoms with van der Waals surface area (Å²) in [5, 5.41) is 5.55. The summed E-state index contributed by atoms with van der Waals surface area (Å²) in [7, 11) is 3.24. The number of pyridine rings is 1. The molecule has 3 rings (SSSR count). The molecule has 7 heteroatoms.